The topological polar surface area (TPSA) is 52.1 Å². The second-order valence-electron chi connectivity index (χ2n) is 7.23. The smallest absolute Gasteiger partial charge is 0.191 e. The molecule has 2 saturated heterocycles. The molecule has 1 unspecified atom stereocenters. The molecule has 0 aromatic rings. The number of nitrogens with zero attached hydrogens (tertiary/aromatic N) is 3. The summed E-state index contributed by atoms with van der Waals surface area (Å²) in [4.78, 5) is 9.47. The van der Waals surface area contributed by atoms with E-state index < -0.39 is 0 Å². The van der Waals surface area contributed by atoms with E-state index in [9.17, 15) is 0 Å². The Bertz CT molecular complexity index is 362. The zero-order valence-corrected chi connectivity index (χ0v) is 15.9. The van der Waals surface area contributed by atoms with E-state index in [0.29, 0.717) is 12.0 Å². The number of piperidine rings is 1. The van der Waals surface area contributed by atoms with Crippen molar-refractivity contribution in [2.45, 2.75) is 39.2 Å². The first-order valence-electron chi connectivity index (χ1n) is 9.71. The molecule has 0 amide bonds. The van der Waals surface area contributed by atoms with Gasteiger partial charge in [0.25, 0.3) is 0 Å². The highest BCUT2D eigenvalue weighted by Crippen LogP contribution is 2.10. The summed E-state index contributed by atoms with van der Waals surface area (Å²) in [6.45, 7) is 14.2. The molecule has 2 aliphatic heterocycles. The van der Waals surface area contributed by atoms with Crippen molar-refractivity contribution >= 4 is 5.96 Å². The lowest BCUT2D eigenvalue weighted by Gasteiger charge is -2.33. The van der Waals surface area contributed by atoms with Gasteiger partial charge in [0.15, 0.2) is 5.96 Å². The van der Waals surface area contributed by atoms with Crippen LogP contribution >= 0.6 is 0 Å². The lowest BCUT2D eigenvalue weighted by molar-refractivity contribution is 0.0320. The Hall–Kier alpha value is -0.850. The zero-order chi connectivity index (χ0) is 17.2. The Labute approximate surface area is 148 Å². The molecule has 0 saturated carbocycles. The minimum absolute atomic E-state index is 0.554. The zero-order valence-electron chi connectivity index (χ0n) is 15.9. The van der Waals surface area contributed by atoms with Crippen LogP contribution in [0.5, 0.6) is 0 Å². The van der Waals surface area contributed by atoms with Crippen molar-refractivity contribution in [1.82, 2.24) is 20.4 Å². The molecule has 2 rings (SSSR count). The van der Waals surface area contributed by atoms with Crippen molar-refractivity contribution in [2.24, 2.45) is 10.9 Å². The molecular weight excluding hydrogens is 302 g/mol. The summed E-state index contributed by atoms with van der Waals surface area (Å²) in [7, 11) is 1.87. The molecule has 140 valence electrons. The van der Waals surface area contributed by atoms with Gasteiger partial charge in [-0.3, -0.25) is 9.89 Å². The van der Waals surface area contributed by atoms with Crippen LogP contribution in [0.1, 0.15) is 33.1 Å². The van der Waals surface area contributed by atoms with Crippen molar-refractivity contribution in [1.29, 1.82) is 0 Å². The molecule has 2 N–H and O–H groups in total. The lowest BCUT2D eigenvalue weighted by atomic mass is 10.1. The van der Waals surface area contributed by atoms with Gasteiger partial charge in [-0.2, -0.15) is 0 Å². The number of guanidine groups is 1. The number of ether oxygens (including phenoxy) is 1. The Kier molecular flexibility index (Phi) is 8.84. The van der Waals surface area contributed by atoms with Gasteiger partial charge in [0.1, 0.15) is 0 Å². The van der Waals surface area contributed by atoms with Gasteiger partial charge in [-0.1, -0.05) is 13.8 Å². The first kappa shape index (κ1) is 19.5. The number of rotatable bonds is 7. The molecule has 2 fully saturated rings. The van der Waals surface area contributed by atoms with E-state index in [1.807, 2.05) is 7.05 Å². The Morgan fingerprint density at radius 1 is 1.17 bits per heavy atom. The van der Waals surface area contributed by atoms with Crippen LogP contribution in [-0.2, 0) is 4.74 Å². The minimum atomic E-state index is 0.554. The third-order valence-corrected chi connectivity index (χ3v) is 4.98. The summed E-state index contributed by atoms with van der Waals surface area (Å²) >= 11 is 0. The number of likely N-dealkylation sites (tertiary alicyclic amines) is 1. The number of hydrogen-bond acceptors (Lipinski definition) is 4. The maximum absolute atomic E-state index is 5.41. The molecule has 0 aliphatic carbocycles. The average molecular weight is 340 g/mol. The van der Waals surface area contributed by atoms with Crippen LogP contribution in [-0.4, -0.2) is 87.9 Å². The molecule has 2 aliphatic rings. The van der Waals surface area contributed by atoms with Crippen molar-refractivity contribution < 1.29 is 4.74 Å². The van der Waals surface area contributed by atoms with Crippen LogP contribution in [0.3, 0.4) is 0 Å². The van der Waals surface area contributed by atoms with Crippen LogP contribution in [0, 0.1) is 5.92 Å². The monoisotopic (exact) mass is 339 g/mol. The van der Waals surface area contributed by atoms with Gasteiger partial charge in [0, 0.05) is 52.4 Å². The van der Waals surface area contributed by atoms with E-state index in [4.69, 9.17) is 4.74 Å². The fraction of sp³-hybridized carbons (Fsp3) is 0.944. The molecule has 0 bridgehead atoms. The lowest BCUT2D eigenvalue weighted by Crippen LogP contribution is -2.50. The minimum Gasteiger partial charge on any atom is -0.379 e. The number of morpholine rings is 1. The molecule has 0 aromatic heterocycles. The van der Waals surface area contributed by atoms with E-state index in [1.165, 1.54) is 38.9 Å². The summed E-state index contributed by atoms with van der Waals surface area (Å²) in [6.07, 6.45) is 3.68. The van der Waals surface area contributed by atoms with Crippen LogP contribution in [0.4, 0.5) is 0 Å². The van der Waals surface area contributed by atoms with Crippen LogP contribution in [0.25, 0.3) is 0 Å². The van der Waals surface area contributed by atoms with Crippen LogP contribution in [0.15, 0.2) is 4.99 Å². The summed E-state index contributed by atoms with van der Waals surface area (Å²) in [5, 5.41) is 7.12. The summed E-state index contributed by atoms with van der Waals surface area (Å²) in [5.74, 6) is 1.56. The van der Waals surface area contributed by atoms with Crippen LogP contribution in [0.2, 0.25) is 0 Å². The van der Waals surface area contributed by atoms with E-state index in [-0.39, 0.29) is 0 Å². The first-order chi connectivity index (χ1) is 11.7. The van der Waals surface area contributed by atoms with Crippen molar-refractivity contribution in [3.8, 4) is 0 Å². The van der Waals surface area contributed by atoms with Gasteiger partial charge in [-0.15, -0.1) is 0 Å². The third kappa shape index (κ3) is 6.95. The summed E-state index contributed by atoms with van der Waals surface area (Å²) in [5.41, 5.74) is 0. The molecule has 0 aromatic carbocycles. The van der Waals surface area contributed by atoms with E-state index in [2.05, 4.69) is 39.3 Å². The van der Waals surface area contributed by atoms with Gasteiger partial charge in [0.05, 0.1) is 13.2 Å². The largest absolute Gasteiger partial charge is 0.379 e. The van der Waals surface area contributed by atoms with E-state index >= 15 is 0 Å². The van der Waals surface area contributed by atoms with Crippen molar-refractivity contribution in [3.05, 3.63) is 0 Å². The molecular formula is C18H37N5O. The Morgan fingerprint density at radius 3 is 2.50 bits per heavy atom. The van der Waals surface area contributed by atoms with Gasteiger partial charge in [-0.05, 0) is 31.7 Å². The highest BCUT2D eigenvalue weighted by molar-refractivity contribution is 5.79. The summed E-state index contributed by atoms with van der Waals surface area (Å²) in [6, 6.07) is 0.554. The second kappa shape index (κ2) is 10.9. The molecule has 6 nitrogen and oxygen atoms in total. The van der Waals surface area contributed by atoms with Gasteiger partial charge >= 0.3 is 0 Å². The second-order valence-corrected chi connectivity index (χ2v) is 7.23. The Balaban J connectivity index is 1.63. The fourth-order valence-electron chi connectivity index (χ4n) is 3.57. The number of aliphatic imine (C=N–C) groups is 1. The quantitative estimate of drug-likeness (QED) is 0.535. The predicted octanol–water partition coefficient (Wildman–Crippen LogP) is 0.994. The highest BCUT2D eigenvalue weighted by Gasteiger charge is 2.19. The van der Waals surface area contributed by atoms with E-state index in [0.717, 1.165) is 45.4 Å². The molecule has 24 heavy (non-hydrogen) atoms. The SMILES string of the molecule is CCCN1CCC(NC(=NC)NCC(C)CN2CCOCC2)CC1. The molecule has 2 heterocycles. The average Bonchev–Trinajstić information content (AvgIpc) is 2.61. The maximum Gasteiger partial charge on any atom is 0.191 e. The first-order valence-corrected chi connectivity index (χ1v) is 9.71. The third-order valence-electron chi connectivity index (χ3n) is 4.98. The normalized spacial score (nSPS) is 23.2. The van der Waals surface area contributed by atoms with Gasteiger partial charge in [-0.25, -0.2) is 0 Å². The Morgan fingerprint density at radius 2 is 1.88 bits per heavy atom. The van der Waals surface area contributed by atoms with Crippen molar-refractivity contribution in [2.75, 3.05) is 66.1 Å². The fourth-order valence-corrected chi connectivity index (χ4v) is 3.57. The van der Waals surface area contributed by atoms with E-state index in [1.54, 1.807) is 0 Å². The summed E-state index contributed by atoms with van der Waals surface area (Å²) < 4.78 is 5.41. The number of hydrogen-bond donors (Lipinski definition) is 2. The van der Waals surface area contributed by atoms with Gasteiger partial charge in [0.2, 0.25) is 0 Å². The molecule has 0 radical (unpaired) electrons. The maximum atomic E-state index is 5.41. The molecule has 6 heteroatoms. The standard InChI is InChI=1S/C18H37N5O/c1-4-7-22-8-5-17(6-9-22)21-18(19-3)20-14-16(2)15-23-10-12-24-13-11-23/h16-17H,4-15H2,1-3H3,(H2,19,20,21). The number of nitrogens with one attached hydrogen (secondary N) is 2. The molecule has 1 atom stereocenters. The van der Waals surface area contributed by atoms with Gasteiger partial charge < -0.3 is 20.3 Å². The van der Waals surface area contributed by atoms with Crippen molar-refractivity contribution in [3.63, 3.8) is 0 Å². The molecule has 0 spiro atoms. The highest BCUT2D eigenvalue weighted by atomic mass is 16.5. The predicted molar refractivity (Wildman–Crippen MR) is 101 cm³/mol. The van der Waals surface area contributed by atoms with Crippen LogP contribution < -0.4 is 10.6 Å².